The summed E-state index contributed by atoms with van der Waals surface area (Å²) in [7, 11) is 0. The van der Waals surface area contributed by atoms with Gasteiger partial charge in [0.25, 0.3) is 0 Å². The topological polar surface area (TPSA) is 81.1 Å². The van der Waals surface area contributed by atoms with Crippen molar-refractivity contribution in [1.29, 1.82) is 0 Å². The van der Waals surface area contributed by atoms with Crippen LogP contribution in [0.1, 0.15) is 56.2 Å². The van der Waals surface area contributed by atoms with Crippen molar-refractivity contribution in [2.75, 3.05) is 23.7 Å². The molecule has 1 aliphatic heterocycles. The van der Waals surface area contributed by atoms with E-state index in [1.165, 1.54) is 56.2 Å². The molecule has 0 aromatic carbocycles. The van der Waals surface area contributed by atoms with Crippen molar-refractivity contribution in [1.82, 2.24) is 9.97 Å². The molecule has 3 fully saturated rings. The first kappa shape index (κ1) is 13.1. The second-order valence-corrected chi connectivity index (χ2v) is 8.09. The van der Waals surface area contributed by atoms with E-state index in [2.05, 4.69) is 9.88 Å². The van der Waals surface area contributed by atoms with Crippen LogP contribution in [0.2, 0.25) is 0 Å². The number of anilines is 2. The minimum atomic E-state index is 0.0479. The van der Waals surface area contributed by atoms with Crippen LogP contribution < -0.4 is 16.4 Å². The summed E-state index contributed by atoms with van der Waals surface area (Å²) in [5, 5.41) is 0. The summed E-state index contributed by atoms with van der Waals surface area (Å²) >= 11 is 0. The molecule has 2 heterocycles. The van der Waals surface area contributed by atoms with Crippen molar-refractivity contribution in [2.45, 2.75) is 62.3 Å². The van der Waals surface area contributed by atoms with Gasteiger partial charge in [-0.15, -0.1) is 0 Å². The van der Waals surface area contributed by atoms with Crippen LogP contribution in [0.3, 0.4) is 0 Å². The number of hydrogen-bond donors (Lipinski definition) is 2. The molecule has 0 amide bonds. The maximum Gasteiger partial charge on any atom is 0.222 e. The fourth-order valence-electron chi connectivity index (χ4n) is 5.37. The van der Waals surface area contributed by atoms with Gasteiger partial charge in [-0.25, -0.2) is 4.98 Å². The Morgan fingerprint density at radius 1 is 1.09 bits per heavy atom. The van der Waals surface area contributed by atoms with Crippen LogP contribution in [0.15, 0.2) is 0 Å². The van der Waals surface area contributed by atoms with Crippen LogP contribution in [-0.2, 0) is 11.8 Å². The molecule has 1 aromatic rings. The van der Waals surface area contributed by atoms with Gasteiger partial charge >= 0.3 is 0 Å². The maximum absolute atomic E-state index is 6.39. The average Bonchev–Trinajstić information content (AvgIpc) is 2.87. The van der Waals surface area contributed by atoms with Gasteiger partial charge in [0.15, 0.2) is 0 Å². The summed E-state index contributed by atoms with van der Waals surface area (Å²) in [6.07, 6.45) is 10.0. The van der Waals surface area contributed by atoms with Gasteiger partial charge in [-0.2, -0.15) is 4.98 Å². The molecule has 1 saturated heterocycles. The van der Waals surface area contributed by atoms with Crippen LogP contribution in [0, 0.1) is 5.92 Å². The third-order valence-corrected chi connectivity index (χ3v) is 6.65. The SMILES string of the molecule is Nc1nc(N2CC3C[C@@]3(N)C2)c2c(n1)C1(CCCC1)CCC2. The van der Waals surface area contributed by atoms with Gasteiger partial charge in [-0.05, 0) is 44.4 Å². The molecular formula is C17H25N5. The van der Waals surface area contributed by atoms with Gasteiger partial charge in [0.05, 0.1) is 5.69 Å². The Bertz CT molecular complexity index is 636. The number of nitrogens with zero attached hydrogens (tertiary/aromatic N) is 3. The van der Waals surface area contributed by atoms with Crippen LogP contribution >= 0.6 is 0 Å². The van der Waals surface area contributed by atoms with Crippen LogP contribution in [-0.4, -0.2) is 28.6 Å². The highest BCUT2D eigenvalue weighted by molar-refractivity contribution is 5.57. The fourth-order valence-corrected chi connectivity index (χ4v) is 5.37. The van der Waals surface area contributed by atoms with Crippen molar-refractivity contribution in [3.8, 4) is 0 Å². The molecule has 0 bridgehead atoms. The molecule has 5 nitrogen and oxygen atoms in total. The first-order valence-corrected chi connectivity index (χ1v) is 8.80. The Labute approximate surface area is 131 Å². The summed E-state index contributed by atoms with van der Waals surface area (Å²) < 4.78 is 0. The Hall–Kier alpha value is -1.36. The molecule has 3 aliphatic carbocycles. The summed E-state index contributed by atoms with van der Waals surface area (Å²) in [5.74, 6) is 2.21. The summed E-state index contributed by atoms with van der Waals surface area (Å²) in [4.78, 5) is 11.8. The molecule has 1 aromatic heterocycles. The largest absolute Gasteiger partial charge is 0.368 e. The smallest absolute Gasteiger partial charge is 0.222 e. The monoisotopic (exact) mass is 299 g/mol. The highest BCUT2D eigenvalue weighted by Crippen LogP contribution is 2.52. The zero-order chi connectivity index (χ0) is 14.9. The number of nitrogen functional groups attached to an aromatic ring is 1. The molecule has 0 radical (unpaired) electrons. The molecule has 5 rings (SSSR count). The lowest BCUT2D eigenvalue weighted by Crippen LogP contribution is -2.36. The van der Waals surface area contributed by atoms with E-state index >= 15 is 0 Å². The van der Waals surface area contributed by atoms with E-state index in [1.54, 1.807) is 0 Å². The van der Waals surface area contributed by atoms with Gasteiger partial charge in [0.1, 0.15) is 5.82 Å². The second-order valence-electron chi connectivity index (χ2n) is 8.09. The first-order chi connectivity index (χ1) is 10.6. The summed E-state index contributed by atoms with van der Waals surface area (Å²) in [6, 6.07) is 0. The van der Waals surface area contributed by atoms with E-state index in [0.717, 1.165) is 25.3 Å². The standard InChI is InChI=1S/C17H25N5/c18-15-20-13-12(4-3-7-16(13)5-1-2-6-16)14(21-15)22-9-11-8-17(11,19)10-22/h11H,1-10,19H2,(H2,18,20,21)/t11?,17-/m1/s1. The molecule has 2 atom stereocenters. The normalized spacial score (nSPS) is 34.8. The summed E-state index contributed by atoms with van der Waals surface area (Å²) in [6.45, 7) is 1.99. The van der Waals surface area contributed by atoms with Gasteiger partial charge in [-0.3, -0.25) is 0 Å². The molecule has 22 heavy (non-hydrogen) atoms. The Morgan fingerprint density at radius 2 is 1.86 bits per heavy atom. The predicted octanol–water partition coefficient (Wildman–Crippen LogP) is 1.74. The Morgan fingerprint density at radius 3 is 2.59 bits per heavy atom. The van der Waals surface area contributed by atoms with Gasteiger partial charge in [0.2, 0.25) is 5.95 Å². The molecular weight excluding hydrogens is 274 g/mol. The van der Waals surface area contributed by atoms with Gasteiger partial charge in [-0.1, -0.05) is 12.8 Å². The first-order valence-electron chi connectivity index (χ1n) is 8.80. The zero-order valence-corrected chi connectivity index (χ0v) is 13.1. The third kappa shape index (κ3) is 1.69. The van der Waals surface area contributed by atoms with E-state index in [-0.39, 0.29) is 5.54 Å². The Balaban J connectivity index is 1.60. The predicted molar refractivity (Wildman–Crippen MR) is 86.8 cm³/mol. The number of nitrogens with two attached hydrogens (primary N) is 2. The van der Waals surface area contributed by atoms with Crippen molar-refractivity contribution in [3.63, 3.8) is 0 Å². The Kier molecular flexibility index (Phi) is 2.46. The number of hydrogen-bond acceptors (Lipinski definition) is 5. The lowest BCUT2D eigenvalue weighted by molar-refractivity contribution is 0.357. The van der Waals surface area contributed by atoms with Crippen molar-refractivity contribution in [3.05, 3.63) is 11.3 Å². The highest BCUT2D eigenvalue weighted by Gasteiger charge is 2.58. The van der Waals surface area contributed by atoms with E-state index in [0.29, 0.717) is 17.3 Å². The molecule has 4 aliphatic rings. The van der Waals surface area contributed by atoms with E-state index < -0.39 is 0 Å². The average molecular weight is 299 g/mol. The third-order valence-electron chi connectivity index (χ3n) is 6.65. The molecule has 2 saturated carbocycles. The summed E-state index contributed by atoms with van der Waals surface area (Å²) in [5.41, 5.74) is 15.5. The molecule has 5 heteroatoms. The van der Waals surface area contributed by atoms with Crippen molar-refractivity contribution >= 4 is 11.8 Å². The van der Waals surface area contributed by atoms with Gasteiger partial charge in [0, 0.05) is 29.6 Å². The highest BCUT2D eigenvalue weighted by atomic mass is 15.3. The molecule has 4 N–H and O–H groups in total. The van der Waals surface area contributed by atoms with Crippen LogP contribution in [0.4, 0.5) is 11.8 Å². The van der Waals surface area contributed by atoms with Crippen LogP contribution in [0.25, 0.3) is 0 Å². The lowest BCUT2D eigenvalue weighted by Gasteiger charge is -2.36. The quantitative estimate of drug-likeness (QED) is 0.825. The fraction of sp³-hybridized carbons (Fsp3) is 0.765. The molecule has 1 spiro atoms. The second kappa shape index (κ2) is 4.13. The number of aromatic nitrogens is 2. The van der Waals surface area contributed by atoms with Gasteiger partial charge < -0.3 is 16.4 Å². The van der Waals surface area contributed by atoms with E-state index in [4.69, 9.17) is 16.5 Å². The maximum atomic E-state index is 6.39. The van der Waals surface area contributed by atoms with Crippen molar-refractivity contribution in [2.24, 2.45) is 11.7 Å². The lowest BCUT2D eigenvalue weighted by atomic mass is 9.71. The zero-order valence-electron chi connectivity index (χ0n) is 13.1. The molecule has 1 unspecified atom stereocenters. The minimum absolute atomic E-state index is 0.0479. The van der Waals surface area contributed by atoms with Crippen LogP contribution in [0.5, 0.6) is 0 Å². The van der Waals surface area contributed by atoms with E-state index in [9.17, 15) is 0 Å². The van der Waals surface area contributed by atoms with Crippen molar-refractivity contribution < 1.29 is 0 Å². The number of fused-ring (bicyclic) bond motifs is 3. The molecule has 118 valence electrons. The minimum Gasteiger partial charge on any atom is -0.368 e. The number of piperidine rings is 1. The number of rotatable bonds is 1. The van der Waals surface area contributed by atoms with E-state index in [1.807, 2.05) is 0 Å².